The molecule has 1 saturated heterocycles. The standard InChI is InChI=1S/C17H25N3O/c1-3-20-9-7-16(8-10-20)19(2)11-12-21-17-6-4-5-15(13-17)14-18/h4-6,13,16H,3,7-12H2,1-2H3. The Morgan fingerprint density at radius 3 is 2.81 bits per heavy atom. The van der Waals surface area contributed by atoms with Crippen molar-refractivity contribution in [3.8, 4) is 11.8 Å². The van der Waals surface area contributed by atoms with Crippen LogP contribution >= 0.6 is 0 Å². The van der Waals surface area contributed by atoms with Gasteiger partial charge in [-0.2, -0.15) is 5.26 Å². The molecule has 1 aliphatic rings. The Hall–Kier alpha value is -1.57. The average molecular weight is 287 g/mol. The van der Waals surface area contributed by atoms with Gasteiger partial charge in [0.25, 0.3) is 0 Å². The third-order valence-corrected chi connectivity index (χ3v) is 4.30. The van der Waals surface area contributed by atoms with E-state index in [2.05, 4.69) is 29.8 Å². The van der Waals surface area contributed by atoms with Crippen LogP contribution in [0.25, 0.3) is 0 Å². The summed E-state index contributed by atoms with van der Waals surface area (Å²) in [7, 11) is 2.18. The lowest BCUT2D eigenvalue weighted by Crippen LogP contribution is -2.44. The van der Waals surface area contributed by atoms with E-state index in [9.17, 15) is 0 Å². The summed E-state index contributed by atoms with van der Waals surface area (Å²) in [6, 6.07) is 10.1. The summed E-state index contributed by atoms with van der Waals surface area (Å²) in [5, 5.41) is 8.87. The van der Waals surface area contributed by atoms with Gasteiger partial charge in [-0.05, 0) is 57.7 Å². The summed E-state index contributed by atoms with van der Waals surface area (Å²) in [5.74, 6) is 0.781. The summed E-state index contributed by atoms with van der Waals surface area (Å²) < 4.78 is 5.75. The highest BCUT2D eigenvalue weighted by Gasteiger charge is 2.21. The molecule has 0 radical (unpaired) electrons. The van der Waals surface area contributed by atoms with Crippen molar-refractivity contribution >= 4 is 0 Å². The fourth-order valence-corrected chi connectivity index (χ4v) is 2.82. The van der Waals surface area contributed by atoms with Crippen molar-refractivity contribution in [2.24, 2.45) is 0 Å². The first kappa shape index (κ1) is 15.8. The molecule has 1 heterocycles. The number of piperidine rings is 1. The number of nitriles is 1. The lowest BCUT2D eigenvalue weighted by atomic mass is 10.0. The van der Waals surface area contributed by atoms with E-state index in [0.29, 0.717) is 18.2 Å². The molecule has 2 rings (SSSR count). The van der Waals surface area contributed by atoms with Gasteiger partial charge in [-0.3, -0.25) is 4.90 Å². The van der Waals surface area contributed by atoms with Crippen LogP contribution in [0.3, 0.4) is 0 Å². The second kappa shape index (κ2) is 8.02. The van der Waals surface area contributed by atoms with Gasteiger partial charge in [0.15, 0.2) is 0 Å². The van der Waals surface area contributed by atoms with Crippen LogP contribution in [0.5, 0.6) is 5.75 Å². The predicted octanol–water partition coefficient (Wildman–Crippen LogP) is 2.35. The molecule has 0 bridgehead atoms. The summed E-state index contributed by atoms with van der Waals surface area (Å²) >= 11 is 0. The van der Waals surface area contributed by atoms with Gasteiger partial charge in [0.1, 0.15) is 12.4 Å². The Bertz CT molecular complexity index is 475. The summed E-state index contributed by atoms with van der Waals surface area (Å²) in [6.07, 6.45) is 2.49. The molecule has 114 valence electrons. The zero-order valence-electron chi connectivity index (χ0n) is 13.1. The van der Waals surface area contributed by atoms with E-state index in [1.807, 2.05) is 12.1 Å². The van der Waals surface area contributed by atoms with Gasteiger partial charge in [-0.25, -0.2) is 0 Å². The van der Waals surface area contributed by atoms with Crippen LogP contribution in [0, 0.1) is 11.3 Å². The normalized spacial score (nSPS) is 16.9. The van der Waals surface area contributed by atoms with E-state index in [0.717, 1.165) is 18.8 Å². The number of hydrogen-bond acceptors (Lipinski definition) is 4. The third kappa shape index (κ3) is 4.73. The second-order valence-electron chi connectivity index (χ2n) is 5.63. The van der Waals surface area contributed by atoms with Crippen LogP contribution in [-0.2, 0) is 0 Å². The molecular weight excluding hydrogens is 262 g/mol. The first-order chi connectivity index (χ1) is 10.2. The SMILES string of the molecule is CCN1CCC(N(C)CCOc2cccc(C#N)c2)CC1. The fraction of sp³-hybridized carbons (Fsp3) is 0.588. The number of ether oxygens (including phenoxy) is 1. The summed E-state index contributed by atoms with van der Waals surface area (Å²) in [4.78, 5) is 4.91. The highest BCUT2D eigenvalue weighted by Crippen LogP contribution is 2.16. The van der Waals surface area contributed by atoms with Crippen molar-refractivity contribution in [1.82, 2.24) is 9.80 Å². The van der Waals surface area contributed by atoms with E-state index in [4.69, 9.17) is 10.00 Å². The molecule has 0 aliphatic carbocycles. The molecular formula is C17H25N3O. The maximum Gasteiger partial charge on any atom is 0.120 e. The van der Waals surface area contributed by atoms with Gasteiger partial charge in [-0.15, -0.1) is 0 Å². The molecule has 0 unspecified atom stereocenters. The fourth-order valence-electron chi connectivity index (χ4n) is 2.82. The quantitative estimate of drug-likeness (QED) is 0.805. The molecule has 4 nitrogen and oxygen atoms in total. The first-order valence-electron chi connectivity index (χ1n) is 7.78. The van der Waals surface area contributed by atoms with Crippen LogP contribution < -0.4 is 4.74 Å². The Morgan fingerprint density at radius 2 is 2.14 bits per heavy atom. The summed E-state index contributed by atoms with van der Waals surface area (Å²) in [6.45, 7) is 7.39. The minimum Gasteiger partial charge on any atom is -0.492 e. The zero-order valence-corrected chi connectivity index (χ0v) is 13.1. The largest absolute Gasteiger partial charge is 0.492 e. The van der Waals surface area contributed by atoms with Gasteiger partial charge in [0, 0.05) is 12.6 Å². The number of hydrogen-bond donors (Lipinski definition) is 0. The number of likely N-dealkylation sites (tertiary alicyclic amines) is 1. The van der Waals surface area contributed by atoms with Crippen molar-refractivity contribution < 1.29 is 4.74 Å². The van der Waals surface area contributed by atoms with Gasteiger partial charge in [0.05, 0.1) is 11.6 Å². The van der Waals surface area contributed by atoms with E-state index in [1.54, 1.807) is 12.1 Å². The molecule has 21 heavy (non-hydrogen) atoms. The molecule has 1 fully saturated rings. The summed E-state index contributed by atoms with van der Waals surface area (Å²) in [5.41, 5.74) is 0.646. The van der Waals surface area contributed by atoms with E-state index < -0.39 is 0 Å². The Labute approximate surface area is 127 Å². The highest BCUT2D eigenvalue weighted by atomic mass is 16.5. The molecule has 1 aromatic carbocycles. The molecule has 0 saturated carbocycles. The average Bonchev–Trinajstić information content (AvgIpc) is 2.55. The Morgan fingerprint density at radius 1 is 1.38 bits per heavy atom. The van der Waals surface area contributed by atoms with Crippen molar-refractivity contribution in [2.45, 2.75) is 25.8 Å². The van der Waals surface area contributed by atoms with E-state index >= 15 is 0 Å². The van der Waals surface area contributed by atoms with Crippen molar-refractivity contribution in [1.29, 1.82) is 5.26 Å². The van der Waals surface area contributed by atoms with Crippen LogP contribution in [0.4, 0.5) is 0 Å². The minimum atomic E-state index is 0.646. The lowest BCUT2D eigenvalue weighted by molar-refractivity contribution is 0.118. The number of benzene rings is 1. The van der Waals surface area contributed by atoms with Crippen LogP contribution in [0.15, 0.2) is 24.3 Å². The Balaban J connectivity index is 1.72. The van der Waals surface area contributed by atoms with Crippen molar-refractivity contribution in [3.63, 3.8) is 0 Å². The maximum atomic E-state index is 8.87. The molecule has 1 aliphatic heterocycles. The topological polar surface area (TPSA) is 39.5 Å². The molecule has 0 N–H and O–H groups in total. The lowest BCUT2D eigenvalue weighted by Gasteiger charge is -2.36. The predicted molar refractivity (Wildman–Crippen MR) is 84.4 cm³/mol. The third-order valence-electron chi connectivity index (χ3n) is 4.30. The van der Waals surface area contributed by atoms with Gasteiger partial charge < -0.3 is 9.64 Å². The van der Waals surface area contributed by atoms with E-state index in [-0.39, 0.29) is 0 Å². The molecule has 0 amide bonds. The van der Waals surface area contributed by atoms with E-state index in [1.165, 1.54) is 25.9 Å². The molecule has 4 heteroatoms. The van der Waals surface area contributed by atoms with Gasteiger partial charge in [-0.1, -0.05) is 13.0 Å². The number of rotatable bonds is 6. The van der Waals surface area contributed by atoms with Gasteiger partial charge >= 0.3 is 0 Å². The zero-order chi connectivity index (χ0) is 15.1. The monoisotopic (exact) mass is 287 g/mol. The van der Waals surface area contributed by atoms with Crippen LogP contribution in [-0.4, -0.2) is 55.7 Å². The maximum absolute atomic E-state index is 8.87. The number of nitrogens with zero attached hydrogens (tertiary/aromatic N) is 3. The van der Waals surface area contributed by atoms with Crippen LogP contribution in [0.2, 0.25) is 0 Å². The second-order valence-corrected chi connectivity index (χ2v) is 5.63. The molecule has 1 aromatic rings. The highest BCUT2D eigenvalue weighted by molar-refractivity contribution is 5.36. The minimum absolute atomic E-state index is 0.646. The number of likely N-dealkylation sites (N-methyl/N-ethyl adjacent to an activating group) is 1. The molecule has 0 spiro atoms. The van der Waals surface area contributed by atoms with Gasteiger partial charge in [0.2, 0.25) is 0 Å². The molecule has 0 atom stereocenters. The van der Waals surface area contributed by atoms with Crippen LogP contribution in [0.1, 0.15) is 25.3 Å². The van der Waals surface area contributed by atoms with Crippen molar-refractivity contribution in [2.75, 3.05) is 39.8 Å². The smallest absolute Gasteiger partial charge is 0.120 e. The van der Waals surface area contributed by atoms with Crippen molar-refractivity contribution in [3.05, 3.63) is 29.8 Å². The first-order valence-corrected chi connectivity index (χ1v) is 7.78. The molecule has 0 aromatic heterocycles. The Kier molecular flexibility index (Phi) is 6.04.